The van der Waals surface area contributed by atoms with Crippen molar-refractivity contribution in [3.8, 4) is 0 Å². The zero-order valence-corrected chi connectivity index (χ0v) is 14.1. The summed E-state index contributed by atoms with van der Waals surface area (Å²) in [7, 11) is -3.79. The van der Waals surface area contributed by atoms with Crippen LogP contribution in [-0.4, -0.2) is 15.0 Å². The first-order chi connectivity index (χ1) is 9.86. The molecule has 0 aromatic heterocycles. The van der Waals surface area contributed by atoms with Crippen LogP contribution in [0.5, 0.6) is 0 Å². The molecule has 0 amide bonds. The van der Waals surface area contributed by atoms with E-state index in [0.717, 1.165) is 11.6 Å². The summed E-state index contributed by atoms with van der Waals surface area (Å²) >= 11 is 3.02. The van der Waals surface area contributed by atoms with Gasteiger partial charge in [0.25, 0.3) is 10.0 Å². The zero-order valence-electron chi connectivity index (χ0n) is 11.7. The highest BCUT2D eigenvalue weighted by molar-refractivity contribution is 9.10. The van der Waals surface area contributed by atoms with E-state index in [1.807, 2.05) is 13.0 Å². The quantitative estimate of drug-likeness (QED) is 0.810. The fraction of sp³-hybridized carbons (Fsp3) is 0.200. The summed E-state index contributed by atoms with van der Waals surface area (Å²) in [6.45, 7) is 3.90. The summed E-state index contributed by atoms with van der Waals surface area (Å²) in [5, 5.41) is 0. The topological polar surface area (TPSA) is 37.4 Å². The molecule has 2 aromatic rings. The second kappa shape index (κ2) is 6.15. The second-order valence-electron chi connectivity index (χ2n) is 4.58. The summed E-state index contributed by atoms with van der Waals surface area (Å²) in [4.78, 5) is -0.0634. The molecular formula is C15H15BrFNO2S. The van der Waals surface area contributed by atoms with E-state index in [1.165, 1.54) is 16.4 Å². The van der Waals surface area contributed by atoms with Crippen LogP contribution >= 0.6 is 15.9 Å². The van der Waals surface area contributed by atoms with E-state index < -0.39 is 15.8 Å². The van der Waals surface area contributed by atoms with Gasteiger partial charge in [0.1, 0.15) is 5.82 Å². The van der Waals surface area contributed by atoms with Crippen molar-refractivity contribution >= 4 is 31.6 Å². The fourth-order valence-electron chi connectivity index (χ4n) is 2.04. The lowest BCUT2D eigenvalue weighted by Crippen LogP contribution is -2.30. The maximum absolute atomic E-state index is 13.6. The normalized spacial score (nSPS) is 11.4. The van der Waals surface area contributed by atoms with E-state index in [-0.39, 0.29) is 15.9 Å². The Bertz CT molecular complexity index is 762. The van der Waals surface area contributed by atoms with Crippen LogP contribution in [0.3, 0.4) is 0 Å². The van der Waals surface area contributed by atoms with Gasteiger partial charge in [-0.25, -0.2) is 12.8 Å². The molecule has 0 spiro atoms. The van der Waals surface area contributed by atoms with Crippen LogP contribution < -0.4 is 4.31 Å². The molecule has 0 saturated heterocycles. The van der Waals surface area contributed by atoms with Crippen LogP contribution in [-0.2, 0) is 10.0 Å². The molecule has 0 aliphatic carbocycles. The molecule has 21 heavy (non-hydrogen) atoms. The molecule has 0 bridgehead atoms. The molecule has 0 saturated carbocycles. The summed E-state index contributed by atoms with van der Waals surface area (Å²) in [6.07, 6.45) is 0. The van der Waals surface area contributed by atoms with E-state index in [1.54, 1.807) is 25.1 Å². The third kappa shape index (κ3) is 3.27. The predicted molar refractivity (Wildman–Crippen MR) is 85.5 cm³/mol. The maximum Gasteiger partial charge on any atom is 0.264 e. The minimum Gasteiger partial charge on any atom is -0.267 e. The van der Waals surface area contributed by atoms with Crippen LogP contribution in [0.25, 0.3) is 0 Å². The van der Waals surface area contributed by atoms with Crippen LogP contribution in [0.2, 0.25) is 0 Å². The van der Waals surface area contributed by atoms with Gasteiger partial charge in [0, 0.05) is 6.54 Å². The van der Waals surface area contributed by atoms with E-state index >= 15 is 0 Å². The number of aryl methyl sites for hydroxylation is 1. The van der Waals surface area contributed by atoms with Crippen molar-refractivity contribution in [1.82, 2.24) is 0 Å². The summed E-state index contributed by atoms with van der Waals surface area (Å²) in [5.74, 6) is -0.601. The van der Waals surface area contributed by atoms with Crippen molar-refractivity contribution in [3.05, 3.63) is 58.3 Å². The van der Waals surface area contributed by atoms with Crippen molar-refractivity contribution in [1.29, 1.82) is 0 Å². The molecule has 2 rings (SSSR count). The maximum atomic E-state index is 13.6. The molecule has 112 valence electrons. The van der Waals surface area contributed by atoms with Gasteiger partial charge in [-0.2, -0.15) is 0 Å². The number of benzene rings is 2. The van der Waals surface area contributed by atoms with Crippen molar-refractivity contribution < 1.29 is 12.8 Å². The molecule has 0 aliphatic heterocycles. The van der Waals surface area contributed by atoms with Gasteiger partial charge in [-0.3, -0.25) is 4.31 Å². The van der Waals surface area contributed by atoms with E-state index in [2.05, 4.69) is 15.9 Å². The number of halogens is 2. The van der Waals surface area contributed by atoms with Crippen molar-refractivity contribution in [3.63, 3.8) is 0 Å². The molecule has 0 fully saturated rings. The number of hydrogen-bond donors (Lipinski definition) is 0. The Morgan fingerprint density at radius 1 is 1.19 bits per heavy atom. The first-order valence-electron chi connectivity index (χ1n) is 6.40. The van der Waals surface area contributed by atoms with Gasteiger partial charge in [-0.05, 0) is 65.7 Å². The monoisotopic (exact) mass is 371 g/mol. The van der Waals surface area contributed by atoms with Gasteiger partial charge in [0.15, 0.2) is 0 Å². The first-order valence-corrected chi connectivity index (χ1v) is 8.64. The Kier molecular flexibility index (Phi) is 4.68. The molecule has 2 aromatic carbocycles. The number of nitrogens with zero attached hydrogens (tertiary/aromatic N) is 1. The van der Waals surface area contributed by atoms with Gasteiger partial charge in [-0.1, -0.05) is 12.1 Å². The first kappa shape index (κ1) is 16.0. The molecule has 0 heterocycles. The lowest BCUT2D eigenvalue weighted by Gasteiger charge is -2.23. The van der Waals surface area contributed by atoms with E-state index in [9.17, 15) is 12.8 Å². The average Bonchev–Trinajstić information content (AvgIpc) is 2.42. The van der Waals surface area contributed by atoms with Crippen molar-refractivity contribution in [2.24, 2.45) is 0 Å². The largest absolute Gasteiger partial charge is 0.267 e. The second-order valence-corrected chi connectivity index (χ2v) is 7.30. The predicted octanol–water partition coefficient (Wildman–Crippen LogP) is 4.11. The summed E-state index contributed by atoms with van der Waals surface area (Å²) in [5.41, 5.74) is 1.53. The van der Waals surface area contributed by atoms with E-state index in [4.69, 9.17) is 0 Å². The Morgan fingerprint density at radius 3 is 2.48 bits per heavy atom. The zero-order chi connectivity index (χ0) is 15.6. The standard InChI is InChI=1S/C15H15BrFNO2S/c1-3-18(12-6-4-5-11(2)9-12)21(19,20)13-7-8-14(16)15(17)10-13/h4-10H,3H2,1-2H3. The molecular weight excluding hydrogens is 357 g/mol. The van der Waals surface area contributed by atoms with Gasteiger partial charge in [-0.15, -0.1) is 0 Å². The third-order valence-electron chi connectivity index (χ3n) is 3.06. The van der Waals surface area contributed by atoms with Crippen LogP contribution in [0.1, 0.15) is 12.5 Å². The molecule has 3 nitrogen and oxygen atoms in total. The number of sulfonamides is 1. The molecule has 0 N–H and O–H groups in total. The summed E-state index contributed by atoms with van der Waals surface area (Å²) in [6, 6.07) is 11.0. The Balaban J connectivity index is 2.51. The lowest BCUT2D eigenvalue weighted by molar-refractivity contribution is 0.586. The fourth-order valence-corrected chi connectivity index (χ4v) is 3.76. The SMILES string of the molecule is CCN(c1cccc(C)c1)S(=O)(=O)c1ccc(Br)c(F)c1. The molecule has 0 atom stereocenters. The number of anilines is 1. The van der Waals surface area contributed by atoms with E-state index in [0.29, 0.717) is 5.69 Å². The lowest BCUT2D eigenvalue weighted by atomic mass is 10.2. The Morgan fingerprint density at radius 2 is 1.90 bits per heavy atom. The highest BCUT2D eigenvalue weighted by atomic mass is 79.9. The highest BCUT2D eigenvalue weighted by Crippen LogP contribution is 2.26. The van der Waals surface area contributed by atoms with Crippen LogP contribution in [0, 0.1) is 12.7 Å². The highest BCUT2D eigenvalue weighted by Gasteiger charge is 2.24. The molecule has 0 radical (unpaired) electrons. The van der Waals surface area contributed by atoms with Gasteiger partial charge < -0.3 is 0 Å². The van der Waals surface area contributed by atoms with Crippen LogP contribution in [0.15, 0.2) is 51.8 Å². The number of rotatable bonds is 4. The third-order valence-corrected chi connectivity index (χ3v) is 5.60. The minimum absolute atomic E-state index is 0.0634. The van der Waals surface area contributed by atoms with Crippen LogP contribution in [0.4, 0.5) is 10.1 Å². The Hall–Kier alpha value is -1.40. The average molecular weight is 372 g/mol. The van der Waals surface area contributed by atoms with Gasteiger partial charge in [0.2, 0.25) is 0 Å². The smallest absolute Gasteiger partial charge is 0.264 e. The van der Waals surface area contributed by atoms with Crippen molar-refractivity contribution in [2.45, 2.75) is 18.7 Å². The molecule has 0 unspecified atom stereocenters. The number of hydrogen-bond acceptors (Lipinski definition) is 2. The molecule has 6 heteroatoms. The Labute approximate surface area is 132 Å². The van der Waals surface area contributed by atoms with Gasteiger partial charge >= 0.3 is 0 Å². The van der Waals surface area contributed by atoms with Gasteiger partial charge in [0.05, 0.1) is 15.1 Å². The molecule has 0 aliphatic rings. The summed E-state index contributed by atoms with van der Waals surface area (Å²) < 4.78 is 40.5. The van der Waals surface area contributed by atoms with Crippen molar-refractivity contribution in [2.75, 3.05) is 10.8 Å². The minimum atomic E-state index is -3.79.